The number of para-hydroxylation sites is 2. The molecule has 1 saturated heterocycles. The van der Waals surface area contributed by atoms with Crippen LogP contribution in [0.3, 0.4) is 0 Å². The molecule has 7 nitrogen and oxygen atoms in total. The second kappa shape index (κ2) is 7.13. The molecule has 1 fully saturated rings. The molecule has 0 aliphatic carbocycles. The maximum absolute atomic E-state index is 12.2. The van der Waals surface area contributed by atoms with Crippen molar-refractivity contribution in [2.45, 2.75) is 6.42 Å². The van der Waals surface area contributed by atoms with Crippen LogP contribution in [0.5, 0.6) is 5.75 Å². The first-order valence-electron chi connectivity index (χ1n) is 7.24. The molecule has 0 bridgehead atoms. The topological polar surface area (TPSA) is 76.2 Å². The van der Waals surface area contributed by atoms with Gasteiger partial charge in [0.25, 0.3) is 5.91 Å². The number of anilines is 1. The van der Waals surface area contributed by atoms with Crippen LogP contribution in [0, 0.1) is 5.92 Å². The van der Waals surface area contributed by atoms with Crippen LogP contribution in [0.2, 0.25) is 0 Å². The van der Waals surface area contributed by atoms with Crippen molar-refractivity contribution in [2.75, 3.05) is 39.3 Å². The van der Waals surface area contributed by atoms with Crippen LogP contribution in [0.4, 0.5) is 5.69 Å². The molecule has 7 heteroatoms. The first-order valence-corrected chi connectivity index (χ1v) is 7.24. The summed E-state index contributed by atoms with van der Waals surface area (Å²) in [5.74, 6) is -1.02. The van der Waals surface area contributed by atoms with E-state index in [9.17, 15) is 14.4 Å². The molecule has 0 unspecified atom stereocenters. The molecule has 1 heterocycles. The van der Waals surface area contributed by atoms with Crippen LogP contribution >= 0.6 is 0 Å². The van der Waals surface area contributed by atoms with Crippen molar-refractivity contribution in [3.63, 3.8) is 0 Å². The second-order valence-electron chi connectivity index (χ2n) is 5.47. The quantitative estimate of drug-likeness (QED) is 0.746. The normalized spacial score (nSPS) is 17.1. The van der Waals surface area contributed by atoms with E-state index in [1.54, 1.807) is 32.3 Å². The Kier molecular flexibility index (Phi) is 5.20. The highest BCUT2D eigenvalue weighted by atomic mass is 16.5. The fraction of sp³-hybridized carbons (Fsp3) is 0.438. The van der Waals surface area contributed by atoms with Gasteiger partial charge in [-0.2, -0.15) is 0 Å². The standard InChI is InChI=1S/C16H20N2O5/c1-17(2)15(20)10-23-16(21)11-8-14(19)18(9-11)12-6-4-5-7-13(12)22-3/h4-7,11H,8-10H2,1-3H3/t11-/m1/s1. The number of amides is 2. The summed E-state index contributed by atoms with van der Waals surface area (Å²) < 4.78 is 10.2. The van der Waals surface area contributed by atoms with Gasteiger partial charge in [-0.15, -0.1) is 0 Å². The average molecular weight is 320 g/mol. The molecular formula is C16H20N2O5. The van der Waals surface area contributed by atoms with Crippen molar-refractivity contribution in [1.82, 2.24) is 4.90 Å². The van der Waals surface area contributed by atoms with Gasteiger partial charge >= 0.3 is 5.97 Å². The highest BCUT2D eigenvalue weighted by Crippen LogP contribution is 2.32. The van der Waals surface area contributed by atoms with E-state index in [2.05, 4.69) is 0 Å². The molecule has 0 radical (unpaired) electrons. The lowest BCUT2D eigenvalue weighted by Crippen LogP contribution is -2.30. The fourth-order valence-electron chi connectivity index (χ4n) is 2.33. The monoisotopic (exact) mass is 320 g/mol. The lowest BCUT2D eigenvalue weighted by atomic mass is 10.1. The zero-order chi connectivity index (χ0) is 17.0. The van der Waals surface area contributed by atoms with Gasteiger partial charge in [0, 0.05) is 27.1 Å². The summed E-state index contributed by atoms with van der Waals surface area (Å²) in [6.45, 7) is -0.0978. The molecule has 0 saturated carbocycles. The highest BCUT2D eigenvalue weighted by molar-refractivity contribution is 6.00. The number of hydrogen-bond acceptors (Lipinski definition) is 5. The maximum Gasteiger partial charge on any atom is 0.311 e. The number of rotatable bonds is 5. The Labute approximate surface area is 134 Å². The van der Waals surface area contributed by atoms with Gasteiger partial charge in [-0.3, -0.25) is 14.4 Å². The van der Waals surface area contributed by atoms with E-state index >= 15 is 0 Å². The Morgan fingerprint density at radius 2 is 2.00 bits per heavy atom. The summed E-state index contributed by atoms with van der Waals surface area (Å²) in [5, 5.41) is 0. The SMILES string of the molecule is COc1ccccc1N1C[C@H](C(=O)OCC(=O)N(C)C)CC1=O. The van der Waals surface area contributed by atoms with Gasteiger partial charge in [-0.25, -0.2) is 0 Å². The average Bonchev–Trinajstić information content (AvgIpc) is 2.93. The molecule has 0 aromatic heterocycles. The van der Waals surface area contributed by atoms with E-state index in [1.165, 1.54) is 16.9 Å². The largest absolute Gasteiger partial charge is 0.495 e. The molecule has 0 N–H and O–H groups in total. The van der Waals surface area contributed by atoms with Crippen molar-refractivity contribution in [3.05, 3.63) is 24.3 Å². The lowest BCUT2D eigenvalue weighted by molar-refractivity contribution is -0.154. The molecule has 23 heavy (non-hydrogen) atoms. The predicted molar refractivity (Wildman–Crippen MR) is 83.1 cm³/mol. The second-order valence-corrected chi connectivity index (χ2v) is 5.47. The van der Waals surface area contributed by atoms with Crippen LogP contribution in [0.1, 0.15) is 6.42 Å². The number of carbonyl (C=O) groups is 3. The summed E-state index contributed by atoms with van der Waals surface area (Å²) in [6, 6.07) is 7.12. The predicted octanol–water partition coefficient (Wildman–Crippen LogP) is 0.679. The summed E-state index contributed by atoms with van der Waals surface area (Å²) in [4.78, 5) is 38.5. The molecule has 1 aliphatic heterocycles. The zero-order valence-electron chi connectivity index (χ0n) is 13.4. The maximum atomic E-state index is 12.2. The third-order valence-corrected chi connectivity index (χ3v) is 3.67. The summed E-state index contributed by atoms with van der Waals surface area (Å²) in [6.07, 6.45) is 0.0625. The van der Waals surface area contributed by atoms with Crippen LogP contribution in [-0.4, -0.2) is 57.0 Å². The molecule has 1 atom stereocenters. The molecule has 2 rings (SSSR count). The highest BCUT2D eigenvalue weighted by Gasteiger charge is 2.37. The van der Waals surface area contributed by atoms with Crippen LogP contribution in [0.25, 0.3) is 0 Å². The molecule has 1 aromatic carbocycles. The number of hydrogen-bond donors (Lipinski definition) is 0. The molecule has 124 valence electrons. The van der Waals surface area contributed by atoms with Gasteiger partial charge < -0.3 is 19.3 Å². The minimum Gasteiger partial charge on any atom is -0.495 e. The molecule has 1 aliphatic rings. The van der Waals surface area contributed by atoms with Gasteiger partial charge in [0.2, 0.25) is 5.91 Å². The van der Waals surface area contributed by atoms with Gasteiger partial charge in [-0.05, 0) is 12.1 Å². The minimum absolute atomic E-state index is 0.0625. The minimum atomic E-state index is -0.581. The Balaban J connectivity index is 2.02. The fourth-order valence-corrected chi connectivity index (χ4v) is 2.33. The van der Waals surface area contributed by atoms with Gasteiger partial charge in [0.1, 0.15) is 5.75 Å². The summed E-state index contributed by atoms with van der Waals surface area (Å²) in [5.41, 5.74) is 0.625. The summed E-state index contributed by atoms with van der Waals surface area (Å²) in [7, 11) is 4.69. The van der Waals surface area contributed by atoms with Crippen molar-refractivity contribution in [3.8, 4) is 5.75 Å². The Bertz CT molecular complexity index is 614. The third-order valence-electron chi connectivity index (χ3n) is 3.67. The Morgan fingerprint density at radius 1 is 1.30 bits per heavy atom. The molecular weight excluding hydrogens is 300 g/mol. The first-order chi connectivity index (χ1) is 10.9. The van der Waals surface area contributed by atoms with E-state index in [1.807, 2.05) is 6.07 Å². The van der Waals surface area contributed by atoms with E-state index < -0.39 is 11.9 Å². The lowest BCUT2D eigenvalue weighted by Gasteiger charge is -2.19. The van der Waals surface area contributed by atoms with E-state index in [0.29, 0.717) is 11.4 Å². The Morgan fingerprint density at radius 3 is 2.65 bits per heavy atom. The van der Waals surface area contributed by atoms with Crippen LogP contribution < -0.4 is 9.64 Å². The van der Waals surface area contributed by atoms with Crippen molar-refractivity contribution >= 4 is 23.5 Å². The number of benzene rings is 1. The smallest absolute Gasteiger partial charge is 0.311 e. The molecule has 2 amide bonds. The van der Waals surface area contributed by atoms with Gasteiger partial charge in [0.15, 0.2) is 6.61 Å². The Hall–Kier alpha value is -2.57. The van der Waals surface area contributed by atoms with Crippen LogP contribution in [0.15, 0.2) is 24.3 Å². The van der Waals surface area contributed by atoms with Crippen LogP contribution in [-0.2, 0) is 19.1 Å². The van der Waals surface area contributed by atoms with Crippen molar-refractivity contribution in [2.24, 2.45) is 5.92 Å². The number of methoxy groups -OCH3 is 1. The first kappa shape index (κ1) is 16.8. The third kappa shape index (κ3) is 3.80. The number of nitrogens with zero attached hydrogens (tertiary/aromatic N) is 2. The summed E-state index contributed by atoms with van der Waals surface area (Å²) >= 11 is 0. The van der Waals surface area contributed by atoms with E-state index in [0.717, 1.165) is 0 Å². The number of carbonyl (C=O) groups excluding carboxylic acids is 3. The van der Waals surface area contributed by atoms with Gasteiger partial charge in [0.05, 0.1) is 18.7 Å². The van der Waals surface area contributed by atoms with E-state index in [4.69, 9.17) is 9.47 Å². The number of ether oxygens (including phenoxy) is 2. The number of likely N-dealkylation sites (N-methyl/N-ethyl adjacent to an activating group) is 1. The number of esters is 1. The molecule has 0 spiro atoms. The zero-order valence-corrected chi connectivity index (χ0v) is 13.4. The van der Waals surface area contributed by atoms with Crippen molar-refractivity contribution in [1.29, 1.82) is 0 Å². The van der Waals surface area contributed by atoms with Gasteiger partial charge in [-0.1, -0.05) is 12.1 Å². The van der Waals surface area contributed by atoms with Crippen molar-refractivity contribution < 1.29 is 23.9 Å². The van der Waals surface area contributed by atoms with E-state index in [-0.39, 0.29) is 31.4 Å². The molecule has 1 aromatic rings.